The van der Waals surface area contributed by atoms with Crippen LogP contribution >= 0.6 is 0 Å². The summed E-state index contributed by atoms with van der Waals surface area (Å²) in [5, 5.41) is 0. The fourth-order valence-corrected chi connectivity index (χ4v) is 2.62. The maximum Gasteiger partial charge on any atom is 0.416 e. The minimum Gasteiger partial charge on any atom is -0.285 e. The molecule has 1 aromatic heterocycles. The molecule has 24 heavy (non-hydrogen) atoms. The summed E-state index contributed by atoms with van der Waals surface area (Å²) in [6, 6.07) is 13.8. The summed E-state index contributed by atoms with van der Waals surface area (Å²) in [4.78, 5) is 12.8. The van der Waals surface area contributed by atoms with Crippen molar-refractivity contribution in [1.29, 1.82) is 0 Å². The van der Waals surface area contributed by atoms with Gasteiger partial charge in [-0.05, 0) is 36.8 Å². The molecule has 0 aliphatic heterocycles. The lowest BCUT2D eigenvalue weighted by molar-refractivity contribution is -0.137. The molecule has 0 saturated heterocycles. The van der Waals surface area contributed by atoms with Gasteiger partial charge in [-0.2, -0.15) is 13.2 Å². The molecule has 0 N–H and O–H groups in total. The molecule has 0 fully saturated rings. The van der Waals surface area contributed by atoms with Crippen LogP contribution in [0.25, 0.3) is 16.8 Å². The third-order valence-corrected chi connectivity index (χ3v) is 3.78. The van der Waals surface area contributed by atoms with Crippen LogP contribution in [0.1, 0.15) is 12.5 Å². The molecule has 0 aliphatic rings. The summed E-state index contributed by atoms with van der Waals surface area (Å²) in [5.41, 5.74) is 0.0540. The molecule has 3 rings (SSSR count). The first kappa shape index (κ1) is 16.1. The maximum atomic E-state index is 12.9. The zero-order valence-corrected chi connectivity index (χ0v) is 12.9. The molecule has 0 saturated carbocycles. The number of hydrogen-bond donors (Lipinski definition) is 0. The van der Waals surface area contributed by atoms with Gasteiger partial charge in [0.25, 0.3) is 5.56 Å². The van der Waals surface area contributed by atoms with Crippen LogP contribution in [0, 0.1) is 0 Å². The Hall–Kier alpha value is -2.76. The Labute approximate surface area is 136 Å². The minimum atomic E-state index is -4.44. The summed E-state index contributed by atoms with van der Waals surface area (Å²) < 4.78 is 41.9. The third-order valence-electron chi connectivity index (χ3n) is 3.78. The molecule has 2 aromatic carbocycles. The highest BCUT2D eigenvalue weighted by molar-refractivity contribution is 5.63. The first-order chi connectivity index (χ1) is 11.4. The Kier molecular flexibility index (Phi) is 4.05. The molecule has 0 spiro atoms. The molecule has 6 heteroatoms. The fraction of sp³-hybridized carbons (Fsp3) is 0.167. The first-order valence-electron chi connectivity index (χ1n) is 7.47. The van der Waals surface area contributed by atoms with Gasteiger partial charge in [-0.15, -0.1) is 0 Å². The van der Waals surface area contributed by atoms with Crippen LogP contribution < -0.4 is 5.56 Å². The van der Waals surface area contributed by atoms with Crippen molar-refractivity contribution in [3.05, 3.63) is 76.7 Å². The summed E-state index contributed by atoms with van der Waals surface area (Å²) in [7, 11) is 0. The van der Waals surface area contributed by atoms with E-state index in [0.717, 1.165) is 12.1 Å². The standard InChI is InChI=1S/C18H15F3N2O/c1-2-22-12-16(13-7-6-8-14(11-13)18(19,20)21)17(24)23(22)15-9-4-3-5-10-15/h3-12H,2H2,1H3. The van der Waals surface area contributed by atoms with Gasteiger partial charge in [-0.25, -0.2) is 4.68 Å². The Bertz CT molecular complexity index is 908. The van der Waals surface area contributed by atoms with Gasteiger partial charge in [-0.1, -0.05) is 30.3 Å². The molecule has 3 aromatic rings. The van der Waals surface area contributed by atoms with E-state index < -0.39 is 11.7 Å². The second-order valence-electron chi connectivity index (χ2n) is 5.33. The van der Waals surface area contributed by atoms with Gasteiger partial charge in [-0.3, -0.25) is 9.48 Å². The predicted octanol–water partition coefficient (Wildman–Crippen LogP) is 4.34. The van der Waals surface area contributed by atoms with Crippen molar-refractivity contribution in [1.82, 2.24) is 9.36 Å². The lowest BCUT2D eigenvalue weighted by Crippen LogP contribution is -2.21. The molecular formula is C18H15F3N2O. The van der Waals surface area contributed by atoms with E-state index in [1.165, 1.54) is 16.8 Å². The van der Waals surface area contributed by atoms with E-state index in [1.807, 2.05) is 13.0 Å². The monoisotopic (exact) mass is 332 g/mol. The van der Waals surface area contributed by atoms with E-state index >= 15 is 0 Å². The predicted molar refractivity (Wildman–Crippen MR) is 86.1 cm³/mol. The number of nitrogens with zero attached hydrogens (tertiary/aromatic N) is 2. The first-order valence-corrected chi connectivity index (χ1v) is 7.47. The summed E-state index contributed by atoms with van der Waals surface area (Å²) in [5.74, 6) is 0. The summed E-state index contributed by atoms with van der Waals surface area (Å²) in [6.45, 7) is 2.39. The number of halogens is 3. The zero-order valence-electron chi connectivity index (χ0n) is 12.9. The van der Waals surface area contributed by atoms with Crippen LogP contribution in [0.4, 0.5) is 13.2 Å². The van der Waals surface area contributed by atoms with E-state index in [9.17, 15) is 18.0 Å². The normalized spacial score (nSPS) is 11.7. The SMILES string of the molecule is CCn1cc(-c2cccc(C(F)(F)F)c2)c(=O)n1-c1ccccc1. The smallest absolute Gasteiger partial charge is 0.285 e. The van der Waals surface area contributed by atoms with Crippen LogP contribution in [-0.2, 0) is 12.7 Å². The van der Waals surface area contributed by atoms with Gasteiger partial charge < -0.3 is 0 Å². The van der Waals surface area contributed by atoms with E-state index in [-0.39, 0.29) is 16.7 Å². The minimum absolute atomic E-state index is 0.242. The summed E-state index contributed by atoms with van der Waals surface area (Å²) in [6.07, 6.45) is -2.85. The quantitative estimate of drug-likeness (QED) is 0.701. The van der Waals surface area contributed by atoms with Gasteiger partial charge in [0.15, 0.2) is 0 Å². The van der Waals surface area contributed by atoms with Gasteiger partial charge in [0, 0.05) is 12.7 Å². The van der Waals surface area contributed by atoms with Crippen LogP contribution in [0.15, 0.2) is 65.6 Å². The van der Waals surface area contributed by atoms with Gasteiger partial charge in [0.05, 0.1) is 16.8 Å². The van der Waals surface area contributed by atoms with Crippen LogP contribution in [0.2, 0.25) is 0 Å². The van der Waals surface area contributed by atoms with E-state index in [1.54, 1.807) is 35.1 Å². The van der Waals surface area contributed by atoms with Crippen molar-refractivity contribution in [2.24, 2.45) is 0 Å². The third kappa shape index (κ3) is 2.87. The topological polar surface area (TPSA) is 26.9 Å². The lowest BCUT2D eigenvalue weighted by Gasteiger charge is -2.08. The van der Waals surface area contributed by atoms with Crippen LogP contribution in [-0.4, -0.2) is 9.36 Å². The highest BCUT2D eigenvalue weighted by atomic mass is 19.4. The van der Waals surface area contributed by atoms with E-state index in [0.29, 0.717) is 12.2 Å². The number of rotatable bonds is 3. The number of benzene rings is 2. The zero-order chi connectivity index (χ0) is 17.3. The Morgan fingerprint density at radius 3 is 2.33 bits per heavy atom. The van der Waals surface area contributed by atoms with Crippen molar-refractivity contribution in [3.63, 3.8) is 0 Å². The van der Waals surface area contributed by atoms with Crippen molar-refractivity contribution >= 4 is 0 Å². The molecule has 3 nitrogen and oxygen atoms in total. The molecular weight excluding hydrogens is 317 g/mol. The molecule has 124 valence electrons. The van der Waals surface area contributed by atoms with Gasteiger partial charge >= 0.3 is 6.18 Å². The lowest BCUT2D eigenvalue weighted by atomic mass is 10.1. The fourth-order valence-electron chi connectivity index (χ4n) is 2.62. The molecule has 0 bridgehead atoms. The number of aromatic nitrogens is 2. The largest absolute Gasteiger partial charge is 0.416 e. The number of hydrogen-bond acceptors (Lipinski definition) is 1. The number of aryl methyl sites for hydroxylation is 1. The highest BCUT2D eigenvalue weighted by Crippen LogP contribution is 2.31. The Morgan fingerprint density at radius 1 is 1.00 bits per heavy atom. The van der Waals surface area contributed by atoms with Gasteiger partial charge in [0.1, 0.15) is 0 Å². The Morgan fingerprint density at radius 2 is 1.71 bits per heavy atom. The van der Waals surface area contributed by atoms with Crippen molar-refractivity contribution in [2.45, 2.75) is 19.6 Å². The molecule has 0 amide bonds. The van der Waals surface area contributed by atoms with Crippen LogP contribution in [0.3, 0.4) is 0 Å². The van der Waals surface area contributed by atoms with E-state index in [4.69, 9.17) is 0 Å². The highest BCUT2D eigenvalue weighted by Gasteiger charge is 2.30. The van der Waals surface area contributed by atoms with Crippen molar-refractivity contribution < 1.29 is 13.2 Å². The molecule has 0 atom stereocenters. The molecule has 0 aliphatic carbocycles. The number of alkyl halides is 3. The molecule has 0 radical (unpaired) electrons. The molecule has 1 heterocycles. The van der Waals surface area contributed by atoms with Gasteiger partial charge in [0.2, 0.25) is 0 Å². The second kappa shape index (κ2) is 6.03. The second-order valence-corrected chi connectivity index (χ2v) is 5.33. The van der Waals surface area contributed by atoms with Crippen molar-refractivity contribution in [3.8, 4) is 16.8 Å². The number of para-hydroxylation sites is 1. The Balaban J connectivity index is 2.18. The summed E-state index contributed by atoms with van der Waals surface area (Å²) >= 11 is 0. The average Bonchev–Trinajstić information content (AvgIpc) is 2.91. The van der Waals surface area contributed by atoms with Crippen LogP contribution in [0.5, 0.6) is 0 Å². The van der Waals surface area contributed by atoms with E-state index in [2.05, 4.69) is 0 Å². The molecule has 0 unspecified atom stereocenters. The van der Waals surface area contributed by atoms with Crippen molar-refractivity contribution in [2.75, 3.05) is 0 Å². The maximum absolute atomic E-state index is 12.9. The average molecular weight is 332 g/mol.